The van der Waals surface area contributed by atoms with Crippen molar-refractivity contribution in [2.45, 2.75) is 30.4 Å². The zero-order valence-electron chi connectivity index (χ0n) is 17.9. The van der Waals surface area contributed by atoms with E-state index >= 15 is 0 Å². The highest BCUT2D eigenvalue weighted by molar-refractivity contribution is 7.92. The van der Waals surface area contributed by atoms with Crippen LogP contribution in [0, 0.1) is 6.92 Å². The van der Waals surface area contributed by atoms with Gasteiger partial charge in [-0.2, -0.15) is 8.42 Å². The lowest BCUT2D eigenvalue weighted by Crippen LogP contribution is -2.33. The van der Waals surface area contributed by atoms with Crippen LogP contribution in [0.5, 0.6) is 5.75 Å². The Kier molecular flexibility index (Phi) is 5.92. The third-order valence-corrected chi connectivity index (χ3v) is 9.91. The highest BCUT2D eigenvalue weighted by Crippen LogP contribution is 2.38. The van der Waals surface area contributed by atoms with Crippen LogP contribution >= 0.6 is 22.9 Å². The zero-order valence-corrected chi connectivity index (χ0v) is 20.3. The number of aryl methyl sites for hydroxylation is 1. The molecule has 5 rings (SSSR count). The average Bonchev–Trinajstić information content (AvgIpc) is 3.37. The van der Waals surface area contributed by atoms with Gasteiger partial charge in [0.2, 0.25) is 0 Å². The summed E-state index contributed by atoms with van der Waals surface area (Å²) in [5, 5.41) is 2.27. The van der Waals surface area contributed by atoms with Crippen molar-refractivity contribution in [3.05, 3.63) is 59.2 Å². The van der Waals surface area contributed by atoms with Gasteiger partial charge < -0.3 is 4.74 Å². The Balaban J connectivity index is 1.46. The summed E-state index contributed by atoms with van der Waals surface area (Å²) in [4.78, 5) is 2.43. The first-order chi connectivity index (χ1) is 15.4. The average molecular weight is 489 g/mol. The topological polar surface area (TPSA) is 51.5 Å². The number of hydrogen-bond donors (Lipinski definition) is 0. The van der Waals surface area contributed by atoms with Crippen LogP contribution in [-0.2, 0) is 10.0 Å². The van der Waals surface area contributed by atoms with Gasteiger partial charge >= 0.3 is 0 Å². The maximum atomic E-state index is 13.6. The molecule has 8 heteroatoms. The van der Waals surface area contributed by atoms with Gasteiger partial charge in [0.1, 0.15) is 16.6 Å². The van der Waals surface area contributed by atoms with Crippen molar-refractivity contribution < 1.29 is 13.2 Å². The molecule has 0 aliphatic carbocycles. The molecule has 1 aliphatic rings. The fourth-order valence-corrected chi connectivity index (χ4v) is 7.76. The van der Waals surface area contributed by atoms with E-state index in [-0.39, 0.29) is 0 Å². The van der Waals surface area contributed by atoms with E-state index in [1.165, 1.54) is 34.6 Å². The summed E-state index contributed by atoms with van der Waals surface area (Å²) in [6.45, 7) is 5.57. The van der Waals surface area contributed by atoms with Crippen molar-refractivity contribution in [1.29, 1.82) is 0 Å². The molecule has 2 aromatic heterocycles. The van der Waals surface area contributed by atoms with Crippen LogP contribution in [0.4, 0.5) is 0 Å². The molecule has 0 saturated carbocycles. The zero-order chi connectivity index (χ0) is 22.3. The Labute approximate surface area is 197 Å². The minimum Gasteiger partial charge on any atom is -0.492 e. The van der Waals surface area contributed by atoms with Gasteiger partial charge in [0.05, 0.1) is 5.52 Å². The van der Waals surface area contributed by atoms with Gasteiger partial charge in [0.15, 0.2) is 0 Å². The summed E-state index contributed by atoms with van der Waals surface area (Å²) in [5.41, 5.74) is 1.35. The van der Waals surface area contributed by atoms with Crippen LogP contribution < -0.4 is 4.74 Å². The van der Waals surface area contributed by atoms with Crippen LogP contribution in [0.1, 0.15) is 24.8 Å². The van der Waals surface area contributed by atoms with Crippen molar-refractivity contribution in [3.63, 3.8) is 0 Å². The van der Waals surface area contributed by atoms with Gasteiger partial charge in [0.25, 0.3) is 10.0 Å². The Morgan fingerprint density at radius 1 is 1.06 bits per heavy atom. The molecule has 0 amide bonds. The Morgan fingerprint density at radius 2 is 1.88 bits per heavy atom. The van der Waals surface area contributed by atoms with E-state index in [4.69, 9.17) is 16.3 Å². The molecule has 0 unspecified atom stereocenters. The Bertz CT molecular complexity index is 1390. The van der Waals surface area contributed by atoms with Gasteiger partial charge in [-0.3, -0.25) is 4.90 Å². The van der Waals surface area contributed by atoms with Crippen molar-refractivity contribution in [2.24, 2.45) is 0 Å². The molecule has 0 spiro atoms. The number of benzene rings is 2. The van der Waals surface area contributed by atoms with Crippen LogP contribution in [0.2, 0.25) is 5.02 Å². The lowest BCUT2D eigenvalue weighted by atomic mass is 10.1. The van der Waals surface area contributed by atoms with Crippen molar-refractivity contribution in [3.8, 4) is 5.75 Å². The molecule has 0 bridgehead atoms. The van der Waals surface area contributed by atoms with E-state index in [1.54, 1.807) is 12.3 Å². The summed E-state index contributed by atoms with van der Waals surface area (Å²) >= 11 is 7.41. The summed E-state index contributed by atoms with van der Waals surface area (Å²) in [6.07, 6.45) is 5.43. The highest BCUT2D eigenvalue weighted by Gasteiger charge is 2.25. The van der Waals surface area contributed by atoms with E-state index in [1.807, 2.05) is 43.3 Å². The molecule has 1 saturated heterocycles. The molecule has 0 atom stereocenters. The molecule has 3 heterocycles. The van der Waals surface area contributed by atoms with Crippen LogP contribution in [0.3, 0.4) is 0 Å². The summed E-state index contributed by atoms with van der Waals surface area (Å²) < 4.78 is 35.9. The maximum absolute atomic E-state index is 13.6. The second-order valence-electron chi connectivity index (χ2n) is 8.21. The molecular weight excluding hydrogens is 464 g/mol. The minimum absolute atomic E-state index is 0.337. The number of likely N-dealkylation sites (tertiary alicyclic amines) is 1. The summed E-state index contributed by atoms with van der Waals surface area (Å²) in [7, 11) is -3.75. The number of hydrogen-bond acceptors (Lipinski definition) is 5. The van der Waals surface area contributed by atoms with E-state index in [2.05, 4.69) is 4.90 Å². The molecule has 2 aromatic carbocycles. The van der Waals surface area contributed by atoms with Crippen LogP contribution in [0.15, 0.2) is 52.9 Å². The molecule has 4 aromatic rings. The number of halogens is 1. The lowest BCUT2D eigenvalue weighted by Gasteiger charge is -2.26. The SMILES string of the molecule is Cc1c(S(=O)(=O)n2ccc3c(OCCN4CCCCC4)cccc32)sc2ccc(Cl)cc12. The van der Waals surface area contributed by atoms with Gasteiger partial charge in [-0.15, -0.1) is 11.3 Å². The summed E-state index contributed by atoms with van der Waals surface area (Å²) in [5.74, 6) is 0.716. The normalized spacial score (nSPS) is 15.6. The first-order valence-electron chi connectivity index (χ1n) is 10.8. The lowest BCUT2D eigenvalue weighted by molar-refractivity contribution is 0.184. The monoisotopic (exact) mass is 488 g/mol. The molecule has 5 nitrogen and oxygen atoms in total. The molecular formula is C24H25ClN2O3S2. The summed E-state index contributed by atoms with van der Waals surface area (Å²) in [6, 6.07) is 12.9. The molecule has 0 radical (unpaired) electrons. The van der Waals surface area contributed by atoms with E-state index in [0.29, 0.717) is 27.1 Å². The Hall–Kier alpha value is -2.06. The van der Waals surface area contributed by atoms with E-state index in [0.717, 1.165) is 40.7 Å². The second kappa shape index (κ2) is 8.71. The van der Waals surface area contributed by atoms with Crippen molar-refractivity contribution >= 4 is 54.0 Å². The van der Waals surface area contributed by atoms with Crippen LogP contribution in [0.25, 0.3) is 21.0 Å². The van der Waals surface area contributed by atoms with Gasteiger partial charge in [0, 0.05) is 27.9 Å². The number of ether oxygens (including phenoxy) is 1. The number of rotatable bonds is 6. The molecule has 32 heavy (non-hydrogen) atoms. The van der Waals surface area contributed by atoms with Crippen molar-refractivity contribution in [1.82, 2.24) is 8.87 Å². The van der Waals surface area contributed by atoms with E-state index in [9.17, 15) is 8.42 Å². The number of nitrogens with zero attached hydrogens (tertiary/aromatic N) is 2. The Morgan fingerprint density at radius 3 is 2.69 bits per heavy atom. The molecule has 168 valence electrons. The van der Waals surface area contributed by atoms with E-state index < -0.39 is 10.0 Å². The standard InChI is InChI=1S/C24H25ClN2O3S2/c1-17-20-16-18(25)8-9-23(20)31-24(17)32(28,29)27-13-10-19-21(27)6-5-7-22(19)30-15-14-26-11-3-2-4-12-26/h5-10,13,16H,2-4,11-12,14-15H2,1H3. The molecule has 1 aliphatic heterocycles. The van der Waals surface area contributed by atoms with Crippen molar-refractivity contribution in [2.75, 3.05) is 26.2 Å². The predicted octanol–water partition coefficient (Wildman–Crippen LogP) is 5.92. The number of fused-ring (bicyclic) bond motifs is 2. The first kappa shape index (κ1) is 21.8. The maximum Gasteiger partial charge on any atom is 0.277 e. The largest absolute Gasteiger partial charge is 0.492 e. The van der Waals surface area contributed by atoms with Crippen LogP contribution in [-0.4, -0.2) is 43.5 Å². The third kappa shape index (κ3) is 3.92. The predicted molar refractivity (Wildman–Crippen MR) is 132 cm³/mol. The first-order valence-corrected chi connectivity index (χ1v) is 13.5. The number of thiophene rings is 1. The van der Waals surface area contributed by atoms with Gasteiger partial charge in [-0.25, -0.2) is 3.97 Å². The third-order valence-electron chi connectivity index (χ3n) is 6.12. The smallest absolute Gasteiger partial charge is 0.277 e. The fraction of sp³-hybridized carbons (Fsp3) is 0.333. The second-order valence-corrected chi connectivity index (χ2v) is 11.7. The fourth-order valence-electron chi connectivity index (χ4n) is 4.42. The number of piperidine rings is 1. The van der Waals surface area contributed by atoms with Gasteiger partial charge in [-0.05, 0) is 80.2 Å². The van der Waals surface area contributed by atoms with Gasteiger partial charge in [-0.1, -0.05) is 24.1 Å². The minimum atomic E-state index is -3.75. The molecule has 1 fully saturated rings. The number of aromatic nitrogens is 1. The quantitative estimate of drug-likeness (QED) is 0.338. The highest BCUT2D eigenvalue weighted by atomic mass is 35.5. The molecule has 0 N–H and O–H groups in total.